The van der Waals surface area contributed by atoms with Crippen LogP contribution in [0, 0.1) is 5.92 Å². The Morgan fingerprint density at radius 3 is 2.39 bits per heavy atom. The molecule has 0 radical (unpaired) electrons. The third-order valence-corrected chi connectivity index (χ3v) is 4.46. The fraction of sp³-hybridized carbons (Fsp3) is 0.500. The van der Waals surface area contributed by atoms with Crippen LogP contribution >= 0.6 is 23.2 Å². The summed E-state index contributed by atoms with van der Waals surface area (Å²) in [5.74, 6) is -2.60. The van der Waals surface area contributed by atoms with Gasteiger partial charge in [0.15, 0.2) is 0 Å². The molecule has 1 aromatic rings. The third kappa shape index (κ3) is 4.50. The first-order valence-corrected chi connectivity index (χ1v) is 7.70. The number of benzene rings is 1. The van der Waals surface area contributed by atoms with E-state index in [9.17, 15) is 18.0 Å². The minimum atomic E-state index is -5.11. The van der Waals surface area contributed by atoms with Crippen molar-refractivity contribution < 1.29 is 22.7 Å². The average Bonchev–Trinajstić information content (AvgIpc) is 2.50. The van der Waals surface area contributed by atoms with Gasteiger partial charge < -0.3 is 15.8 Å². The highest BCUT2D eigenvalue weighted by atomic mass is 35.5. The van der Waals surface area contributed by atoms with Crippen LogP contribution < -0.4 is 15.8 Å². The standard InChI is InChI=1S/C14H15Cl2F3N2O2/c15-9-5-8(12(20)7-1-3-21-4-2-7)11(6-10(9)16)23-13(22)14(17,18)19/h5-7,12,21H,1-4,20H2/t12-/m0/s1. The first kappa shape index (κ1) is 18.3. The molecule has 1 aliphatic heterocycles. The van der Waals surface area contributed by atoms with Crippen LogP contribution in [0.15, 0.2) is 12.1 Å². The SMILES string of the molecule is N[C@H](c1cc(Cl)c(Cl)cc1OC(=O)C(F)(F)F)C1CCNCC1. The number of nitrogens with two attached hydrogens (primary N) is 1. The lowest BCUT2D eigenvalue weighted by Gasteiger charge is -2.29. The lowest BCUT2D eigenvalue weighted by molar-refractivity contribution is -0.189. The molecular weight excluding hydrogens is 356 g/mol. The van der Waals surface area contributed by atoms with Gasteiger partial charge in [-0.1, -0.05) is 23.2 Å². The quantitative estimate of drug-likeness (QED) is 0.631. The van der Waals surface area contributed by atoms with E-state index in [1.165, 1.54) is 6.07 Å². The van der Waals surface area contributed by atoms with Gasteiger partial charge >= 0.3 is 12.1 Å². The van der Waals surface area contributed by atoms with Crippen molar-refractivity contribution in [3.8, 4) is 5.75 Å². The van der Waals surface area contributed by atoms with Crippen molar-refractivity contribution in [1.82, 2.24) is 5.32 Å². The van der Waals surface area contributed by atoms with E-state index in [2.05, 4.69) is 10.1 Å². The number of alkyl halides is 3. The number of esters is 1. The molecule has 2 rings (SSSR count). The van der Waals surface area contributed by atoms with Gasteiger partial charge in [0.25, 0.3) is 0 Å². The maximum Gasteiger partial charge on any atom is 0.491 e. The van der Waals surface area contributed by atoms with Gasteiger partial charge in [-0.3, -0.25) is 0 Å². The first-order valence-electron chi connectivity index (χ1n) is 6.94. The van der Waals surface area contributed by atoms with Crippen molar-refractivity contribution in [3.05, 3.63) is 27.7 Å². The minimum absolute atomic E-state index is 0.0158. The van der Waals surface area contributed by atoms with Crippen LogP contribution in [-0.2, 0) is 4.79 Å². The maximum atomic E-state index is 12.4. The van der Waals surface area contributed by atoms with Crippen molar-refractivity contribution in [2.24, 2.45) is 11.7 Å². The molecule has 9 heteroatoms. The van der Waals surface area contributed by atoms with E-state index < -0.39 is 18.2 Å². The van der Waals surface area contributed by atoms with Crippen LogP contribution in [0.25, 0.3) is 0 Å². The second-order valence-electron chi connectivity index (χ2n) is 5.30. The number of halogens is 5. The summed E-state index contributed by atoms with van der Waals surface area (Å²) in [4.78, 5) is 11.1. The molecule has 0 unspecified atom stereocenters. The second kappa shape index (κ2) is 7.25. The summed E-state index contributed by atoms with van der Waals surface area (Å²) in [7, 11) is 0. The Morgan fingerprint density at radius 1 is 1.26 bits per heavy atom. The van der Waals surface area contributed by atoms with Gasteiger partial charge in [-0.05, 0) is 37.9 Å². The number of ether oxygens (including phenoxy) is 1. The Labute approximate surface area is 141 Å². The minimum Gasteiger partial charge on any atom is -0.419 e. The number of hydrogen-bond donors (Lipinski definition) is 2. The number of carbonyl (C=O) groups is 1. The van der Waals surface area contributed by atoms with Crippen molar-refractivity contribution >= 4 is 29.2 Å². The molecule has 3 N–H and O–H groups in total. The van der Waals surface area contributed by atoms with E-state index in [1.807, 2.05) is 0 Å². The molecule has 0 spiro atoms. The topological polar surface area (TPSA) is 64.3 Å². The van der Waals surface area contributed by atoms with Crippen LogP contribution in [0.2, 0.25) is 10.0 Å². The third-order valence-electron chi connectivity index (χ3n) is 3.74. The molecular formula is C14H15Cl2F3N2O2. The smallest absolute Gasteiger partial charge is 0.419 e. The number of hydrogen-bond acceptors (Lipinski definition) is 4. The lowest BCUT2D eigenvalue weighted by Crippen LogP contribution is -2.34. The van der Waals surface area contributed by atoms with Gasteiger partial charge in [-0.15, -0.1) is 0 Å². The molecule has 1 aliphatic rings. The number of nitrogens with one attached hydrogen (secondary N) is 1. The Bertz CT molecular complexity index is 590. The Morgan fingerprint density at radius 2 is 1.83 bits per heavy atom. The molecule has 4 nitrogen and oxygen atoms in total. The highest BCUT2D eigenvalue weighted by molar-refractivity contribution is 6.42. The predicted molar refractivity (Wildman–Crippen MR) is 80.7 cm³/mol. The van der Waals surface area contributed by atoms with Gasteiger partial charge in [0.2, 0.25) is 0 Å². The summed E-state index contributed by atoms with van der Waals surface area (Å²) in [6.07, 6.45) is -3.59. The van der Waals surface area contributed by atoms with Crippen molar-refractivity contribution in [2.75, 3.05) is 13.1 Å². The summed E-state index contributed by atoms with van der Waals surface area (Å²) in [5.41, 5.74) is 6.41. The van der Waals surface area contributed by atoms with E-state index in [-0.39, 0.29) is 27.3 Å². The largest absolute Gasteiger partial charge is 0.491 e. The molecule has 128 valence electrons. The lowest BCUT2D eigenvalue weighted by atomic mass is 9.86. The molecule has 1 heterocycles. The van der Waals surface area contributed by atoms with Crippen LogP contribution in [0.4, 0.5) is 13.2 Å². The molecule has 1 fully saturated rings. The first-order chi connectivity index (χ1) is 10.7. The summed E-state index contributed by atoms with van der Waals surface area (Å²) in [6, 6.07) is 1.84. The summed E-state index contributed by atoms with van der Waals surface area (Å²) < 4.78 is 41.7. The van der Waals surface area contributed by atoms with Crippen molar-refractivity contribution in [1.29, 1.82) is 0 Å². The molecule has 1 atom stereocenters. The second-order valence-corrected chi connectivity index (χ2v) is 6.12. The molecule has 0 aromatic heterocycles. The molecule has 1 saturated heterocycles. The van der Waals surface area contributed by atoms with E-state index in [1.54, 1.807) is 0 Å². The zero-order valence-electron chi connectivity index (χ0n) is 11.9. The highest BCUT2D eigenvalue weighted by Gasteiger charge is 2.42. The van der Waals surface area contributed by atoms with Crippen LogP contribution in [0.1, 0.15) is 24.4 Å². The van der Waals surface area contributed by atoms with E-state index in [0.717, 1.165) is 32.0 Å². The van der Waals surface area contributed by atoms with Gasteiger partial charge in [0.05, 0.1) is 10.0 Å². The molecule has 1 aromatic carbocycles. The fourth-order valence-corrected chi connectivity index (χ4v) is 2.83. The zero-order valence-corrected chi connectivity index (χ0v) is 13.4. The maximum absolute atomic E-state index is 12.4. The molecule has 23 heavy (non-hydrogen) atoms. The fourth-order valence-electron chi connectivity index (χ4n) is 2.51. The average molecular weight is 371 g/mol. The van der Waals surface area contributed by atoms with Crippen LogP contribution in [0.5, 0.6) is 5.75 Å². The van der Waals surface area contributed by atoms with Gasteiger partial charge in [-0.25, -0.2) is 4.79 Å². The Kier molecular flexibility index (Phi) is 5.78. The van der Waals surface area contributed by atoms with E-state index >= 15 is 0 Å². The van der Waals surface area contributed by atoms with Gasteiger partial charge in [0, 0.05) is 17.7 Å². The van der Waals surface area contributed by atoms with Crippen molar-refractivity contribution in [3.63, 3.8) is 0 Å². The summed E-state index contributed by atoms with van der Waals surface area (Å²) in [6.45, 7) is 1.52. The molecule has 0 saturated carbocycles. The molecule has 0 aliphatic carbocycles. The van der Waals surface area contributed by atoms with Crippen LogP contribution in [-0.4, -0.2) is 25.2 Å². The molecule has 0 bridgehead atoms. The summed E-state index contributed by atoms with van der Waals surface area (Å²) >= 11 is 11.8. The predicted octanol–water partition coefficient (Wildman–Crippen LogP) is 3.46. The van der Waals surface area contributed by atoms with Crippen molar-refractivity contribution in [2.45, 2.75) is 25.1 Å². The number of carbonyl (C=O) groups excluding carboxylic acids is 1. The van der Waals surface area contributed by atoms with Gasteiger partial charge in [0.1, 0.15) is 5.75 Å². The number of piperidine rings is 1. The normalized spacial score (nSPS) is 17.8. The molecule has 0 amide bonds. The monoisotopic (exact) mass is 370 g/mol. The highest BCUT2D eigenvalue weighted by Crippen LogP contribution is 2.38. The van der Waals surface area contributed by atoms with Crippen LogP contribution in [0.3, 0.4) is 0 Å². The van der Waals surface area contributed by atoms with E-state index in [0.29, 0.717) is 0 Å². The Balaban J connectivity index is 2.33. The van der Waals surface area contributed by atoms with Gasteiger partial charge in [-0.2, -0.15) is 13.2 Å². The Hall–Kier alpha value is -1.02. The summed E-state index contributed by atoms with van der Waals surface area (Å²) in [5, 5.41) is 3.29. The number of rotatable bonds is 3. The zero-order chi connectivity index (χ0) is 17.2. The van der Waals surface area contributed by atoms with E-state index in [4.69, 9.17) is 28.9 Å².